The molecular formula is C26H48Cl2N2Ti2-2. The molecule has 0 saturated heterocycles. The van der Waals surface area contributed by atoms with Gasteiger partial charge in [-0.2, -0.15) is 64.3 Å². The van der Waals surface area contributed by atoms with Gasteiger partial charge in [-0.25, -0.2) is 11.1 Å². The van der Waals surface area contributed by atoms with Gasteiger partial charge in [0.2, 0.25) is 0 Å². The number of hydrogen-bond acceptors (Lipinski definition) is 0. The normalized spacial score (nSPS) is 16.8. The predicted octanol–water partition coefficient (Wildman–Crippen LogP) is 2.37. The summed E-state index contributed by atoms with van der Waals surface area (Å²) in [5.41, 5.74) is 8.49. The summed E-state index contributed by atoms with van der Waals surface area (Å²) in [6.07, 6.45) is 6.72. The third-order valence-corrected chi connectivity index (χ3v) is 4.47. The van der Waals surface area contributed by atoms with E-state index in [1.54, 1.807) is 42.0 Å². The first kappa shape index (κ1) is 54.0. The Labute approximate surface area is 246 Å². The molecule has 0 aromatic heterocycles. The van der Waals surface area contributed by atoms with Crippen LogP contribution < -0.4 is 24.8 Å². The zero-order chi connectivity index (χ0) is 23.4. The first-order valence-corrected chi connectivity index (χ1v) is 10.0. The molecule has 186 valence electrons. The van der Waals surface area contributed by atoms with Crippen LogP contribution in [0.3, 0.4) is 0 Å². The van der Waals surface area contributed by atoms with Gasteiger partial charge in [-0.3, -0.25) is 12.2 Å². The summed E-state index contributed by atoms with van der Waals surface area (Å²) in [5.74, 6) is 1.12. The average molecular weight is 555 g/mol. The fraction of sp³-hybridized carbons (Fsp3) is 0.615. The van der Waals surface area contributed by atoms with E-state index in [9.17, 15) is 0 Å². The van der Waals surface area contributed by atoms with Gasteiger partial charge < -0.3 is 49.3 Å². The molecule has 0 aliphatic heterocycles. The van der Waals surface area contributed by atoms with Crippen molar-refractivity contribution in [3.63, 3.8) is 0 Å². The number of allylic oxidation sites excluding steroid dienone is 8. The molecule has 2 rings (SSSR count). The van der Waals surface area contributed by atoms with Gasteiger partial charge in [0.15, 0.2) is 0 Å². The molecule has 2 nitrogen and oxygen atoms in total. The van der Waals surface area contributed by atoms with Crippen LogP contribution in [0.25, 0.3) is 10.6 Å². The molecular weight excluding hydrogens is 507 g/mol. The molecule has 2 unspecified atom stereocenters. The summed E-state index contributed by atoms with van der Waals surface area (Å²) in [5, 5.41) is 7.00. The topological polar surface area (TPSA) is 28.2 Å². The first-order chi connectivity index (χ1) is 13.1. The maximum atomic E-state index is 3.50. The molecule has 0 saturated carbocycles. The predicted molar refractivity (Wildman–Crippen MR) is 132 cm³/mol. The standard InChI is InChI=1S/2C9H13.2C2H6N.2C2H5.2ClH.2Ti/c2*1-6-5-7(2)9(4)8(6)3;2*1-3-2;2*1-2;;;;/h2*6H,1-4H3;2*1-2H3;2*1H2,2H3;2*1H;;/q6*-1;;;2*+3/p-2. The summed E-state index contributed by atoms with van der Waals surface area (Å²) >= 11 is 0. The molecule has 0 N–H and O–H groups in total. The van der Waals surface area contributed by atoms with E-state index in [0.29, 0.717) is 11.8 Å². The van der Waals surface area contributed by atoms with Crippen LogP contribution in [0.5, 0.6) is 0 Å². The van der Waals surface area contributed by atoms with Crippen molar-refractivity contribution in [3.8, 4) is 0 Å². The van der Waals surface area contributed by atoms with E-state index < -0.39 is 0 Å². The van der Waals surface area contributed by atoms with E-state index in [0.717, 1.165) is 0 Å². The van der Waals surface area contributed by atoms with Crippen molar-refractivity contribution in [2.75, 3.05) is 28.2 Å². The Hall–Kier alpha value is 0.889. The minimum atomic E-state index is 0. The minimum absolute atomic E-state index is 0. The number of halogens is 2. The first-order valence-electron chi connectivity index (χ1n) is 10.0. The Kier molecular flexibility index (Phi) is 61.5. The SMILES string of the molecule is CC1=[C-]C(C)C(C)=C1C.CC1=[C-]C(C)C(C)=C1C.C[N-]C.C[N-]C.[CH2-]C.[CH2-]C.[Cl-].[Cl-].[Ti+3].[Ti+3]. The molecule has 0 amide bonds. The van der Waals surface area contributed by atoms with E-state index in [1.165, 1.54) is 33.4 Å². The molecule has 2 aliphatic carbocycles. The molecule has 2 radical (unpaired) electrons. The van der Waals surface area contributed by atoms with Crippen molar-refractivity contribution in [1.29, 1.82) is 0 Å². The second-order valence-electron chi connectivity index (χ2n) is 6.49. The fourth-order valence-electron chi connectivity index (χ4n) is 2.32. The summed E-state index contributed by atoms with van der Waals surface area (Å²) < 4.78 is 0. The zero-order valence-corrected chi connectivity index (χ0v) is 27.9. The van der Waals surface area contributed by atoms with Crippen LogP contribution in [-0.4, -0.2) is 28.2 Å². The molecule has 2 atom stereocenters. The summed E-state index contributed by atoms with van der Waals surface area (Å²) in [7, 11) is 7.00. The number of rotatable bonds is 0. The van der Waals surface area contributed by atoms with Crippen molar-refractivity contribution in [2.24, 2.45) is 11.8 Å². The maximum absolute atomic E-state index is 3.50. The molecule has 2 aliphatic rings. The van der Waals surface area contributed by atoms with Crippen LogP contribution >= 0.6 is 0 Å². The molecule has 6 heteroatoms. The van der Waals surface area contributed by atoms with Crippen LogP contribution in [0.2, 0.25) is 0 Å². The largest absolute Gasteiger partial charge is 3.00 e. The van der Waals surface area contributed by atoms with Crippen LogP contribution in [0, 0.1) is 37.8 Å². The monoisotopic (exact) mass is 554 g/mol. The van der Waals surface area contributed by atoms with E-state index >= 15 is 0 Å². The van der Waals surface area contributed by atoms with E-state index in [4.69, 9.17) is 0 Å². The fourth-order valence-corrected chi connectivity index (χ4v) is 2.32. The van der Waals surface area contributed by atoms with E-state index in [-0.39, 0.29) is 68.2 Å². The Morgan fingerprint density at radius 1 is 0.562 bits per heavy atom. The van der Waals surface area contributed by atoms with Crippen LogP contribution in [0.4, 0.5) is 0 Å². The van der Waals surface area contributed by atoms with Crippen molar-refractivity contribution in [2.45, 2.75) is 69.2 Å². The maximum Gasteiger partial charge on any atom is 3.00 e. The molecule has 0 spiro atoms. The van der Waals surface area contributed by atoms with Gasteiger partial charge in [0, 0.05) is 0 Å². The quantitative estimate of drug-likeness (QED) is 0.325. The Balaban J connectivity index is -0.0000000395. The van der Waals surface area contributed by atoms with Crippen LogP contribution in [0.15, 0.2) is 33.4 Å². The van der Waals surface area contributed by atoms with Crippen molar-refractivity contribution in [3.05, 3.63) is 70.1 Å². The summed E-state index contributed by atoms with van der Waals surface area (Å²) in [6.45, 7) is 27.3. The van der Waals surface area contributed by atoms with Crippen molar-refractivity contribution in [1.82, 2.24) is 0 Å². The van der Waals surface area contributed by atoms with Gasteiger partial charge in [0.1, 0.15) is 0 Å². The molecule has 0 bridgehead atoms. The third kappa shape index (κ3) is 25.5. The number of hydrogen-bond donors (Lipinski definition) is 0. The van der Waals surface area contributed by atoms with Gasteiger partial charge in [0.05, 0.1) is 0 Å². The number of nitrogens with zero attached hydrogens (tertiary/aromatic N) is 2. The summed E-state index contributed by atoms with van der Waals surface area (Å²) in [6, 6.07) is 0. The van der Waals surface area contributed by atoms with Gasteiger partial charge in [0.25, 0.3) is 0 Å². The van der Waals surface area contributed by atoms with E-state index in [2.05, 4.69) is 92.0 Å². The Morgan fingerprint density at radius 2 is 0.719 bits per heavy atom. The molecule has 0 fully saturated rings. The Bertz CT molecular complexity index is 466. The molecule has 32 heavy (non-hydrogen) atoms. The zero-order valence-electron chi connectivity index (χ0n) is 23.2. The van der Waals surface area contributed by atoms with Crippen molar-refractivity contribution < 1.29 is 68.2 Å². The summed E-state index contributed by atoms with van der Waals surface area (Å²) in [4.78, 5) is 0. The van der Waals surface area contributed by atoms with Gasteiger partial charge in [-0.15, -0.1) is 13.8 Å². The molecule has 0 aromatic carbocycles. The smallest absolute Gasteiger partial charge is 1.00 e. The van der Waals surface area contributed by atoms with Crippen LogP contribution in [0.1, 0.15) is 69.2 Å². The third-order valence-electron chi connectivity index (χ3n) is 4.47. The van der Waals surface area contributed by atoms with Gasteiger partial charge in [-0.1, -0.05) is 53.4 Å². The van der Waals surface area contributed by atoms with Crippen molar-refractivity contribution >= 4 is 0 Å². The second kappa shape index (κ2) is 36.5. The molecule has 0 heterocycles. The Morgan fingerprint density at radius 3 is 0.750 bits per heavy atom. The van der Waals surface area contributed by atoms with E-state index in [1.807, 2.05) is 0 Å². The average Bonchev–Trinajstić information content (AvgIpc) is 3.03. The second-order valence-corrected chi connectivity index (χ2v) is 6.49. The molecule has 0 aromatic rings. The minimum Gasteiger partial charge on any atom is -1.00 e. The van der Waals surface area contributed by atoms with Gasteiger partial charge in [-0.05, 0) is 0 Å². The van der Waals surface area contributed by atoms with Crippen LogP contribution in [-0.2, 0) is 43.4 Å². The van der Waals surface area contributed by atoms with Gasteiger partial charge >= 0.3 is 43.4 Å².